The van der Waals surface area contributed by atoms with Crippen molar-refractivity contribution in [3.05, 3.63) is 27.7 Å². The molecule has 0 fully saturated rings. The third-order valence-electron chi connectivity index (χ3n) is 2.63. The number of hydrogen-bond donors (Lipinski definition) is 2. The van der Waals surface area contributed by atoms with Crippen molar-refractivity contribution in [2.24, 2.45) is 0 Å². The Kier molecular flexibility index (Phi) is 6.71. The van der Waals surface area contributed by atoms with Crippen LogP contribution in [-0.2, 0) is 16.6 Å². The van der Waals surface area contributed by atoms with E-state index in [1.54, 1.807) is 0 Å². The molecule has 114 valence electrons. The molecule has 5 nitrogen and oxygen atoms in total. The fourth-order valence-corrected chi connectivity index (χ4v) is 3.51. The molecule has 0 atom stereocenters. The monoisotopic (exact) mass is 340 g/mol. The lowest BCUT2D eigenvalue weighted by molar-refractivity contribution is 0.281. The summed E-state index contributed by atoms with van der Waals surface area (Å²) in [7, 11) is 0.121. The summed E-state index contributed by atoms with van der Waals surface area (Å²) in [4.78, 5) is 1.89. The second-order valence-corrected chi connectivity index (χ2v) is 7.14. The normalized spacial score (nSPS) is 12.1. The van der Waals surface area contributed by atoms with Crippen LogP contribution in [0.3, 0.4) is 0 Å². The molecule has 0 bridgehead atoms. The summed E-state index contributed by atoms with van der Waals surface area (Å²) in [6.45, 7) is 0.742. The Labute approximate surface area is 129 Å². The molecule has 0 saturated heterocycles. The number of nitrogens with zero attached hydrogens (tertiary/aromatic N) is 1. The Morgan fingerprint density at radius 2 is 1.90 bits per heavy atom. The molecule has 0 amide bonds. The summed E-state index contributed by atoms with van der Waals surface area (Å²) in [5, 5.41) is 9.40. The van der Waals surface area contributed by atoms with Gasteiger partial charge in [0.25, 0.3) is 0 Å². The predicted octanol–water partition coefficient (Wildman–Crippen LogP) is 1.72. The summed E-state index contributed by atoms with van der Waals surface area (Å²) < 4.78 is 26.8. The highest BCUT2D eigenvalue weighted by Crippen LogP contribution is 2.28. The minimum Gasteiger partial charge on any atom is -0.392 e. The van der Waals surface area contributed by atoms with Crippen LogP contribution in [0.15, 0.2) is 17.0 Å². The molecule has 1 aromatic carbocycles. The molecule has 8 heteroatoms. The average Bonchev–Trinajstić information content (AvgIpc) is 2.34. The van der Waals surface area contributed by atoms with Gasteiger partial charge in [-0.15, -0.1) is 0 Å². The minimum absolute atomic E-state index is 0.0345. The van der Waals surface area contributed by atoms with E-state index in [2.05, 4.69) is 4.72 Å². The van der Waals surface area contributed by atoms with Gasteiger partial charge in [0.15, 0.2) is 0 Å². The number of nitrogens with one attached hydrogen (secondary N) is 1. The Morgan fingerprint density at radius 1 is 1.25 bits per heavy atom. The van der Waals surface area contributed by atoms with Crippen molar-refractivity contribution in [1.82, 2.24) is 9.62 Å². The zero-order valence-electron chi connectivity index (χ0n) is 11.4. The van der Waals surface area contributed by atoms with E-state index < -0.39 is 10.0 Å². The summed E-state index contributed by atoms with van der Waals surface area (Å²) in [5.41, 5.74) is 0.324. The van der Waals surface area contributed by atoms with Crippen LogP contribution in [0.2, 0.25) is 10.0 Å². The molecule has 1 rings (SSSR count). The Morgan fingerprint density at radius 3 is 2.45 bits per heavy atom. The molecular formula is C12H18Cl2N2O3S. The molecule has 0 saturated carbocycles. The summed E-state index contributed by atoms with van der Waals surface area (Å²) in [6, 6.07) is 2.61. The molecule has 2 N–H and O–H groups in total. The van der Waals surface area contributed by atoms with Crippen molar-refractivity contribution in [2.75, 3.05) is 27.2 Å². The van der Waals surface area contributed by atoms with Gasteiger partial charge < -0.3 is 10.0 Å². The standard InChI is InChI=1S/C12H18Cl2N2O3S/c1-16(2)5-3-4-15-20(18,19)12-6-9(8-17)10(13)7-11(12)14/h6-7,15,17H,3-5,8H2,1-2H3. The van der Waals surface area contributed by atoms with E-state index in [-0.39, 0.29) is 21.5 Å². The maximum absolute atomic E-state index is 12.1. The van der Waals surface area contributed by atoms with E-state index in [1.165, 1.54) is 12.1 Å². The van der Waals surface area contributed by atoms with E-state index >= 15 is 0 Å². The van der Waals surface area contributed by atoms with Gasteiger partial charge in [0.05, 0.1) is 11.6 Å². The molecule has 0 aliphatic carbocycles. The molecule has 20 heavy (non-hydrogen) atoms. The lowest BCUT2D eigenvalue weighted by Crippen LogP contribution is -2.27. The van der Waals surface area contributed by atoms with Crippen LogP contribution >= 0.6 is 23.2 Å². The van der Waals surface area contributed by atoms with Gasteiger partial charge in [-0.1, -0.05) is 23.2 Å². The quantitative estimate of drug-likeness (QED) is 0.741. The van der Waals surface area contributed by atoms with E-state index in [0.29, 0.717) is 18.5 Å². The van der Waals surface area contributed by atoms with Gasteiger partial charge in [0, 0.05) is 11.6 Å². The van der Waals surface area contributed by atoms with Gasteiger partial charge in [-0.2, -0.15) is 0 Å². The Bertz CT molecular complexity index is 562. The van der Waals surface area contributed by atoms with Crippen LogP contribution < -0.4 is 4.72 Å². The van der Waals surface area contributed by atoms with Crippen LogP contribution in [-0.4, -0.2) is 45.6 Å². The summed E-state index contributed by atoms with van der Waals surface area (Å²) in [5.74, 6) is 0. The molecule has 0 heterocycles. The average molecular weight is 341 g/mol. The fraction of sp³-hybridized carbons (Fsp3) is 0.500. The lowest BCUT2D eigenvalue weighted by Gasteiger charge is -2.12. The first-order valence-corrected chi connectivity index (χ1v) is 8.25. The Hall–Kier alpha value is -0.370. The minimum atomic E-state index is -3.71. The van der Waals surface area contributed by atoms with Gasteiger partial charge in [-0.3, -0.25) is 0 Å². The molecule has 1 aromatic rings. The van der Waals surface area contributed by atoms with Crippen molar-refractivity contribution in [3.63, 3.8) is 0 Å². The number of aliphatic hydroxyl groups is 1. The van der Waals surface area contributed by atoms with Crippen LogP contribution in [0.25, 0.3) is 0 Å². The maximum Gasteiger partial charge on any atom is 0.242 e. The first-order valence-electron chi connectivity index (χ1n) is 6.01. The molecule has 0 unspecified atom stereocenters. The molecule has 0 aliphatic rings. The maximum atomic E-state index is 12.1. The second-order valence-electron chi connectivity index (χ2n) is 4.59. The molecule has 0 aromatic heterocycles. The largest absolute Gasteiger partial charge is 0.392 e. The SMILES string of the molecule is CN(C)CCCNS(=O)(=O)c1cc(CO)c(Cl)cc1Cl. The third-order valence-corrected chi connectivity index (χ3v) is 4.91. The van der Waals surface area contributed by atoms with Crippen molar-refractivity contribution in [3.8, 4) is 0 Å². The number of halogens is 2. The zero-order chi connectivity index (χ0) is 15.3. The van der Waals surface area contributed by atoms with E-state index in [9.17, 15) is 8.42 Å². The van der Waals surface area contributed by atoms with Gasteiger partial charge >= 0.3 is 0 Å². The first-order chi connectivity index (χ1) is 9.27. The van der Waals surface area contributed by atoms with Crippen LogP contribution in [0.1, 0.15) is 12.0 Å². The molecular weight excluding hydrogens is 323 g/mol. The number of benzene rings is 1. The van der Waals surface area contributed by atoms with Crippen LogP contribution in [0.5, 0.6) is 0 Å². The van der Waals surface area contributed by atoms with E-state index in [0.717, 1.165) is 6.54 Å². The first kappa shape index (κ1) is 17.7. The highest BCUT2D eigenvalue weighted by atomic mass is 35.5. The van der Waals surface area contributed by atoms with E-state index in [4.69, 9.17) is 28.3 Å². The fourth-order valence-electron chi connectivity index (χ4n) is 1.58. The number of aliphatic hydroxyl groups excluding tert-OH is 1. The van der Waals surface area contributed by atoms with E-state index in [1.807, 2.05) is 19.0 Å². The topological polar surface area (TPSA) is 69.6 Å². The van der Waals surface area contributed by atoms with Gasteiger partial charge in [-0.25, -0.2) is 13.1 Å². The van der Waals surface area contributed by atoms with Crippen LogP contribution in [0.4, 0.5) is 0 Å². The van der Waals surface area contributed by atoms with Crippen molar-refractivity contribution >= 4 is 33.2 Å². The number of rotatable bonds is 7. The lowest BCUT2D eigenvalue weighted by atomic mass is 10.2. The third kappa shape index (κ3) is 4.87. The van der Waals surface area contributed by atoms with Crippen molar-refractivity contribution in [2.45, 2.75) is 17.9 Å². The Balaban J connectivity index is 2.87. The second kappa shape index (κ2) is 7.59. The van der Waals surface area contributed by atoms with Gasteiger partial charge in [-0.05, 0) is 44.8 Å². The van der Waals surface area contributed by atoms with Crippen molar-refractivity contribution in [1.29, 1.82) is 0 Å². The zero-order valence-corrected chi connectivity index (χ0v) is 13.7. The van der Waals surface area contributed by atoms with Crippen LogP contribution in [0, 0.1) is 0 Å². The molecule has 0 aliphatic heterocycles. The van der Waals surface area contributed by atoms with Crippen molar-refractivity contribution < 1.29 is 13.5 Å². The summed E-state index contributed by atoms with van der Waals surface area (Å²) in [6.07, 6.45) is 0.685. The number of hydrogen-bond acceptors (Lipinski definition) is 4. The highest BCUT2D eigenvalue weighted by Gasteiger charge is 2.19. The highest BCUT2D eigenvalue weighted by molar-refractivity contribution is 7.89. The van der Waals surface area contributed by atoms with Gasteiger partial charge in [0.2, 0.25) is 10.0 Å². The smallest absolute Gasteiger partial charge is 0.242 e. The van der Waals surface area contributed by atoms with Gasteiger partial charge in [0.1, 0.15) is 4.90 Å². The summed E-state index contributed by atoms with van der Waals surface area (Å²) >= 11 is 11.8. The predicted molar refractivity (Wildman–Crippen MR) is 80.7 cm³/mol. The molecule has 0 spiro atoms. The number of sulfonamides is 1. The molecule has 0 radical (unpaired) electrons.